The van der Waals surface area contributed by atoms with Crippen LogP contribution in [-0.4, -0.2) is 184 Å². The van der Waals surface area contributed by atoms with E-state index in [4.69, 9.17) is 69.8 Å². The molecule has 2 N–H and O–H groups in total. The van der Waals surface area contributed by atoms with Crippen molar-refractivity contribution in [2.45, 2.75) is 111 Å². The minimum Gasteiger partial charge on any atom is -0.354 e. The van der Waals surface area contributed by atoms with Crippen LogP contribution in [0.1, 0.15) is 111 Å². The summed E-state index contributed by atoms with van der Waals surface area (Å²) in [6.45, 7) is 46.1. The normalized spacial score (nSPS) is 11.9. The van der Waals surface area contributed by atoms with Gasteiger partial charge in [0.25, 0.3) is 0 Å². The van der Waals surface area contributed by atoms with Crippen molar-refractivity contribution in [1.29, 1.82) is 0 Å². The van der Waals surface area contributed by atoms with Crippen molar-refractivity contribution in [3.63, 3.8) is 0 Å². The lowest BCUT2D eigenvalue weighted by Crippen LogP contribution is -2.30. The number of hydrogen-bond acceptors (Lipinski definition) is 22. The molecule has 88 heavy (non-hydrogen) atoms. The highest BCUT2D eigenvalue weighted by atomic mass is 15.3. The number of anilines is 8. The molecule has 2 aromatic carbocycles. The van der Waals surface area contributed by atoms with Gasteiger partial charge in [0, 0.05) is 127 Å². The summed E-state index contributed by atoms with van der Waals surface area (Å²) in [6.07, 6.45) is 0. The van der Waals surface area contributed by atoms with Gasteiger partial charge in [-0.2, -0.15) is 0 Å². The maximum atomic E-state index is 5.56. The Kier molecular flexibility index (Phi) is 17.5. The molecule has 24 heteroatoms. The van der Waals surface area contributed by atoms with Crippen molar-refractivity contribution < 1.29 is 0 Å². The summed E-state index contributed by atoms with van der Waals surface area (Å²) in [6, 6.07) is 8.24. The molecule has 8 bridgehead atoms. The van der Waals surface area contributed by atoms with Crippen molar-refractivity contribution in [3.05, 3.63) is 24.3 Å². The van der Waals surface area contributed by atoms with Gasteiger partial charge >= 0.3 is 0 Å². The van der Waals surface area contributed by atoms with E-state index in [1.807, 2.05) is 0 Å². The summed E-state index contributed by atoms with van der Waals surface area (Å²) in [5.41, 5.74) is 8.10. The Hall–Kier alpha value is -8.96. The number of nitrogens with zero attached hydrogens (tertiary/aromatic N) is 22. The topological polar surface area (TPSA) is 238 Å². The lowest BCUT2D eigenvalue weighted by Gasteiger charge is -2.28. The monoisotopic (exact) mass is 1190 g/mol. The fourth-order valence-electron chi connectivity index (χ4n) is 12.3. The van der Waals surface area contributed by atoms with E-state index in [-0.39, 0.29) is 0 Å². The number of rotatable bonds is 24. The van der Waals surface area contributed by atoms with Crippen molar-refractivity contribution in [1.82, 2.24) is 79.7 Å². The molecule has 2 aliphatic heterocycles. The molecule has 0 spiro atoms. The summed E-state index contributed by atoms with van der Waals surface area (Å²) in [5.74, 6) is 7.73. The lowest BCUT2D eigenvalue weighted by atomic mass is 10.1. The maximum Gasteiger partial charge on any atom is 0.184 e. The standard InChI is InChI=1S/C64H86N24/c1-17-81(18-2)57-59(83(21-5)22-6)67-43-35-39-37(33-41(43)65-57)49-73-50-38-34-42-44(68-60(84(23-7)24-8)58(66-42)82(19-3)20-4)36-40(38)52(75-50)77-54-46-48(72-64(88(31-15)32-16)62(70-46)86(27-11)28-12)56(79-54)80-55-47-45(53(78-55)76-51(39)74-49)69-61(85(25-9)26-10)63(71-47)87(29-13)30-14/h33-36H,17-32H2,1-16H3,(H2,73,74,75,76,77,78,79,80). The van der Waals surface area contributed by atoms with Crippen molar-refractivity contribution in [2.75, 3.05) is 144 Å². The average molecular weight is 1190 g/mol. The lowest BCUT2D eigenvalue weighted by molar-refractivity contribution is 0.802. The second-order valence-corrected chi connectivity index (χ2v) is 21.6. The molecule has 0 unspecified atom stereocenters. The first-order valence-electron chi connectivity index (χ1n) is 32.2. The molecule has 462 valence electrons. The molecule has 0 aliphatic carbocycles. The van der Waals surface area contributed by atoms with Crippen LogP contribution >= 0.6 is 0 Å². The van der Waals surface area contributed by atoms with Crippen LogP contribution in [0.2, 0.25) is 0 Å². The van der Waals surface area contributed by atoms with Gasteiger partial charge in [0.2, 0.25) is 0 Å². The highest BCUT2D eigenvalue weighted by molar-refractivity contribution is 6.11. The van der Waals surface area contributed by atoms with Crippen LogP contribution in [0.3, 0.4) is 0 Å². The van der Waals surface area contributed by atoms with E-state index in [9.17, 15) is 0 Å². The number of aromatic amines is 2. The van der Waals surface area contributed by atoms with Crippen LogP contribution < -0.4 is 39.2 Å². The summed E-state index contributed by atoms with van der Waals surface area (Å²) in [4.78, 5) is 102. The zero-order chi connectivity index (χ0) is 62.2. The molecular formula is C64H86N24. The maximum absolute atomic E-state index is 5.56. The molecule has 0 saturated carbocycles. The fraction of sp³-hybridized carbons (Fsp3) is 0.500. The van der Waals surface area contributed by atoms with Gasteiger partial charge in [-0.1, -0.05) is 0 Å². The molecule has 11 rings (SSSR count). The minimum atomic E-state index is 0.309. The van der Waals surface area contributed by atoms with Crippen LogP contribution in [0.4, 0.5) is 46.5 Å². The molecule has 0 amide bonds. The highest BCUT2D eigenvalue weighted by Gasteiger charge is 2.32. The number of fused-ring (bicyclic) bond motifs is 22. The Morgan fingerprint density at radius 3 is 0.773 bits per heavy atom. The quantitative estimate of drug-likeness (QED) is 0.0572. The van der Waals surface area contributed by atoms with E-state index in [0.29, 0.717) is 143 Å². The molecule has 24 nitrogen and oxygen atoms in total. The van der Waals surface area contributed by atoms with Gasteiger partial charge in [0.05, 0.1) is 22.1 Å². The van der Waals surface area contributed by atoms with Gasteiger partial charge in [0.1, 0.15) is 33.7 Å². The van der Waals surface area contributed by atoms with Gasteiger partial charge in [-0.3, -0.25) is 0 Å². The predicted octanol–water partition coefficient (Wildman–Crippen LogP) is 11.1. The third-order valence-corrected chi connectivity index (χ3v) is 17.4. The van der Waals surface area contributed by atoms with Crippen LogP contribution in [-0.2, 0) is 0 Å². The molecule has 0 atom stereocenters. The summed E-state index contributed by atoms with van der Waals surface area (Å²) < 4.78 is 0. The van der Waals surface area contributed by atoms with Crippen molar-refractivity contribution >= 4 is 113 Å². The molecule has 0 radical (unpaired) electrons. The van der Waals surface area contributed by atoms with E-state index in [1.165, 1.54) is 0 Å². The Labute approximate surface area is 515 Å². The van der Waals surface area contributed by atoms with Gasteiger partial charge in [-0.05, 0) is 135 Å². The van der Waals surface area contributed by atoms with Crippen LogP contribution in [0.25, 0.3) is 112 Å². The van der Waals surface area contributed by atoms with Crippen molar-refractivity contribution in [2.24, 2.45) is 0 Å². The van der Waals surface area contributed by atoms with Crippen LogP contribution in [0.5, 0.6) is 0 Å². The third kappa shape index (κ3) is 10.4. The second kappa shape index (κ2) is 25.4. The minimum absolute atomic E-state index is 0.309. The van der Waals surface area contributed by atoms with Gasteiger partial charge in [-0.15, -0.1) is 0 Å². The molecular weight excluding hydrogens is 1100 g/mol. The first kappa shape index (κ1) is 60.7. The Morgan fingerprint density at radius 1 is 0.239 bits per heavy atom. The highest BCUT2D eigenvalue weighted by Crippen LogP contribution is 2.42. The first-order valence-corrected chi connectivity index (χ1v) is 32.2. The largest absolute Gasteiger partial charge is 0.354 e. The molecule has 0 fully saturated rings. The van der Waals surface area contributed by atoms with E-state index in [0.717, 1.165) is 121 Å². The molecule has 2 aliphatic rings. The SMILES string of the molecule is CCN(CC)c1nc2c(nc1N(CC)CC)-c1nc-2nc2[nH]c(nc3nc(nc4[nH]c(n1)c1nc(N(CC)CC)c(N(CC)CC)nc41)-c1cc4nc(N(CC)CC)c(N(CC)CC)nc4cc1-3)c1cc3nc(N(CC)CC)c(N(CC)CC)nc3cc21. The summed E-state index contributed by atoms with van der Waals surface area (Å²) >= 11 is 0. The van der Waals surface area contributed by atoms with Gasteiger partial charge in [-0.25, -0.2) is 69.8 Å². The molecule has 9 heterocycles. The van der Waals surface area contributed by atoms with Gasteiger partial charge < -0.3 is 49.2 Å². The number of hydrogen-bond donors (Lipinski definition) is 2. The summed E-state index contributed by atoms with van der Waals surface area (Å²) in [5, 5.41) is 1.51. The second-order valence-electron chi connectivity index (χ2n) is 21.6. The van der Waals surface area contributed by atoms with Gasteiger partial charge in [0.15, 0.2) is 81.1 Å². The van der Waals surface area contributed by atoms with Crippen LogP contribution in [0, 0.1) is 0 Å². The van der Waals surface area contributed by atoms with Crippen LogP contribution in [0.15, 0.2) is 24.3 Å². The number of benzene rings is 2. The number of nitrogens with one attached hydrogen (secondary N) is 2. The first-order chi connectivity index (χ1) is 42.8. The van der Waals surface area contributed by atoms with E-state index < -0.39 is 0 Å². The Balaban J connectivity index is 1.34. The van der Waals surface area contributed by atoms with Crippen molar-refractivity contribution in [3.8, 4) is 45.8 Å². The zero-order valence-electron chi connectivity index (χ0n) is 54.5. The molecule has 9 aromatic rings. The molecule has 7 aromatic heterocycles. The smallest absolute Gasteiger partial charge is 0.184 e. The van der Waals surface area contributed by atoms with E-state index in [2.05, 4.69) is 184 Å². The number of aromatic nitrogens is 16. The Morgan fingerprint density at radius 2 is 0.466 bits per heavy atom. The molecule has 0 saturated heterocycles. The third-order valence-electron chi connectivity index (χ3n) is 17.4. The number of H-pyrrole nitrogens is 2. The predicted molar refractivity (Wildman–Crippen MR) is 362 cm³/mol. The van der Waals surface area contributed by atoms with E-state index >= 15 is 0 Å². The summed E-state index contributed by atoms with van der Waals surface area (Å²) in [7, 11) is 0. The zero-order valence-corrected chi connectivity index (χ0v) is 54.5. The Bertz CT molecular complexity index is 4220. The van der Waals surface area contributed by atoms with E-state index in [1.54, 1.807) is 0 Å². The average Bonchev–Trinajstić information content (AvgIpc) is 1.62. The fourth-order valence-corrected chi connectivity index (χ4v) is 12.3.